The Kier molecular flexibility index (Phi) is 8.14. The Hall–Kier alpha value is -2.53. The SMILES string of the molecule is CCOc1ccc(CNC(=O)c2ccc(CN3CCC[C@H](C)C3)cc2)cc1OCC. The van der Waals surface area contributed by atoms with Crippen molar-refractivity contribution in [3.8, 4) is 11.5 Å². The number of nitrogens with zero attached hydrogens (tertiary/aromatic N) is 1. The summed E-state index contributed by atoms with van der Waals surface area (Å²) in [5.41, 5.74) is 2.92. The number of hydrogen-bond donors (Lipinski definition) is 1. The molecule has 0 saturated carbocycles. The molecule has 0 unspecified atom stereocenters. The molecule has 2 aromatic rings. The molecule has 30 heavy (non-hydrogen) atoms. The van der Waals surface area contributed by atoms with E-state index in [4.69, 9.17) is 9.47 Å². The number of carbonyl (C=O) groups is 1. The molecular formula is C25H34N2O3. The maximum Gasteiger partial charge on any atom is 0.251 e. The van der Waals surface area contributed by atoms with E-state index < -0.39 is 0 Å². The molecule has 3 rings (SSSR count). The zero-order chi connectivity index (χ0) is 21.3. The van der Waals surface area contributed by atoms with E-state index in [9.17, 15) is 4.79 Å². The molecule has 0 radical (unpaired) electrons. The third-order valence-corrected chi connectivity index (χ3v) is 5.42. The van der Waals surface area contributed by atoms with Gasteiger partial charge in [-0.05, 0) is 74.5 Å². The van der Waals surface area contributed by atoms with Crippen molar-refractivity contribution in [2.75, 3.05) is 26.3 Å². The molecule has 1 aliphatic heterocycles. The Morgan fingerprint density at radius 2 is 1.73 bits per heavy atom. The van der Waals surface area contributed by atoms with Crippen molar-refractivity contribution in [1.29, 1.82) is 0 Å². The average Bonchev–Trinajstić information content (AvgIpc) is 2.74. The van der Waals surface area contributed by atoms with Crippen LogP contribution in [0.2, 0.25) is 0 Å². The number of carbonyl (C=O) groups excluding carboxylic acids is 1. The summed E-state index contributed by atoms with van der Waals surface area (Å²) in [6.07, 6.45) is 2.61. The standard InChI is InChI=1S/C25H34N2O3/c1-4-29-23-13-10-21(15-24(23)30-5-2)16-26-25(28)22-11-8-20(9-12-22)18-27-14-6-7-19(3)17-27/h8-13,15,19H,4-7,14,16-18H2,1-3H3,(H,26,28)/t19-/m0/s1. The van der Waals surface area contributed by atoms with Gasteiger partial charge in [-0.15, -0.1) is 0 Å². The highest BCUT2D eigenvalue weighted by atomic mass is 16.5. The van der Waals surface area contributed by atoms with Crippen LogP contribution in [-0.2, 0) is 13.1 Å². The fraction of sp³-hybridized carbons (Fsp3) is 0.480. The van der Waals surface area contributed by atoms with Gasteiger partial charge in [0.15, 0.2) is 11.5 Å². The number of likely N-dealkylation sites (tertiary alicyclic amines) is 1. The number of ether oxygens (including phenoxy) is 2. The van der Waals surface area contributed by atoms with Crippen LogP contribution in [0.3, 0.4) is 0 Å². The topological polar surface area (TPSA) is 50.8 Å². The summed E-state index contributed by atoms with van der Waals surface area (Å²) in [7, 11) is 0. The molecule has 1 atom stereocenters. The molecule has 5 heteroatoms. The molecule has 0 aliphatic carbocycles. The second kappa shape index (κ2) is 11.0. The van der Waals surface area contributed by atoms with Crippen LogP contribution in [-0.4, -0.2) is 37.1 Å². The van der Waals surface area contributed by atoms with E-state index in [2.05, 4.69) is 29.3 Å². The first-order chi connectivity index (χ1) is 14.6. The van der Waals surface area contributed by atoms with Crippen LogP contribution in [0, 0.1) is 5.92 Å². The monoisotopic (exact) mass is 410 g/mol. The Bertz CT molecular complexity index is 820. The van der Waals surface area contributed by atoms with Crippen molar-refractivity contribution >= 4 is 5.91 Å². The highest BCUT2D eigenvalue weighted by Gasteiger charge is 2.16. The predicted molar refractivity (Wildman–Crippen MR) is 120 cm³/mol. The van der Waals surface area contributed by atoms with Gasteiger partial charge in [0.25, 0.3) is 5.91 Å². The van der Waals surface area contributed by atoms with Crippen LogP contribution >= 0.6 is 0 Å². The van der Waals surface area contributed by atoms with Crippen molar-refractivity contribution in [2.45, 2.75) is 46.7 Å². The van der Waals surface area contributed by atoms with Crippen LogP contribution in [0.25, 0.3) is 0 Å². The highest BCUT2D eigenvalue weighted by Crippen LogP contribution is 2.28. The third-order valence-electron chi connectivity index (χ3n) is 5.42. The van der Waals surface area contributed by atoms with Crippen molar-refractivity contribution in [2.24, 2.45) is 5.92 Å². The number of nitrogens with one attached hydrogen (secondary N) is 1. The Morgan fingerprint density at radius 1 is 1.03 bits per heavy atom. The number of rotatable bonds is 9. The maximum atomic E-state index is 12.6. The van der Waals surface area contributed by atoms with Gasteiger partial charge in [-0.25, -0.2) is 0 Å². The zero-order valence-corrected chi connectivity index (χ0v) is 18.4. The molecule has 1 amide bonds. The lowest BCUT2D eigenvalue weighted by Gasteiger charge is -2.30. The quantitative estimate of drug-likeness (QED) is 0.654. The van der Waals surface area contributed by atoms with Gasteiger partial charge in [-0.3, -0.25) is 9.69 Å². The summed E-state index contributed by atoms with van der Waals surface area (Å²) in [4.78, 5) is 15.1. The summed E-state index contributed by atoms with van der Waals surface area (Å²) in [6.45, 7) is 11.1. The number of piperidine rings is 1. The van der Waals surface area contributed by atoms with Crippen molar-refractivity contribution < 1.29 is 14.3 Å². The van der Waals surface area contributed by atoms with E-state index in [-0.39, 0.29) is 5.91 Å². The number of benzene rings is 2. The van der Waals surface area contributed by atoms with E-state index in [1.54, 1.807) is 0 Å². The van der Waals surface area contributed by atoms with Gasteiger partial charge in [-0.1, -0.05) is 25.1 Å². The predicted octanol–water partition coefficient (Wildman–Crippen LogP) is 4.65. The lowest BCUT2D eigenvalue weighted by Crippen LogP contribution is -2.33. The molecule has 1 N–H and O–H groups in total. The molecule has 1 aliphatic rings. The fourth-order valence-corrected chi connectivity index (χ4v) is 3.94. The minimum absolute atomic E-state index is 0.0695. The zero-order valence-electron chi connectivity index (χ0n) is 18.4. The average molecular weight is 411 g/mol. The molecule has 1 saturated heterocycles. The van der Waals surface area contributed by atoms with E-state index in [0.29, 0.717) is 31.1 Å². The molecule has 5 nitrogen and oxygen atoms in total. The summed E-state index contributed by atoms with van der Waals surface area (Å²) >= 11 is 0. The Labute approximate surface area is 180 Å². The first-order valence-electron chi connectivity index (χ1n) is 11.1. The van der Waals surface area contributed by atoms with E-state index in [1.807, 2.05) is 44.2 Å². The highest BCUT2D eigenvalue weighted by molar-refractivity contribution is 5.94. The molecule has 2 aromatic carbocycles. The van der Waals surface area contributed by atoms with Crippen molar-refractivity contribution in [1.82, 2.24) is 10.2 Å². The molecule has 1 heterocycles. The van der Waals surface area contributed by atoms with Gasteiger partial charge in [0.05, 0.1) is 13.2 Å². The molecule has 0 bridgehead atoms. The third kappa shape index (κ3) is 6.23. The minimum Gasteiger partial charge on any atom is -0.490 e. The molecule has 0 spiro atoms. The Morgan fingerprint density at radius 3 is 2.43 bits per heavy atom. The summed E-state index contributed by atoms with van der Waals surface area (Å²) in [5.74, 6) is 2.14. The maximum absolute atomic E-state index is 12.6. The summed E-state index contributed by atoms with van der Waals surface area (Å²) < 4.78 is 11.3. The smallest absolute Gasteiger partial charge is 0.251 e. The number of hydrogen-bond acceptors (Lipinski definition) is 4. The van der Waals surface area contributed by atoms with Gasteiger partial charge in [-0.2, -0.15) is 0 Å². The molecular weight excluding hydrogens is 376 g/mol. The molecule has 0 aromatic heterocycles. The lowest BCUT2D eigenvalue weighted by atomic mass is 9.99. The Balaban J connectivity index is 1.55. The van der Waals surface area contributed by atoms with Gasteiger partial charge in [0.1, 0.15) is 0 Å². The van der Waals surface area contributed by atoms with Crippen LogP contribution < -0.4 is 14.8 Å². The van der Waals surface area contributed by atoms with Gasteiger partial charge >= 0.3 is 0 Å². The van der Waals surface area contributed by atoms with Crippen molar-refractivity contribution in [3.63, 3.8) is 0 Å². The normalized spacial score (nSPS) is 16.8. The second-order valence-electron chi connectivity index (χ2n) is 8.01. The minimum atomic E-state index is -0.0695. The van der Waals surface area contributed by atoms with Gasteiger partial charge < -0.3 is 14.8 Å². The van der Waals surface area contributed by atoms with Crippen LogP contribution in [0.1, 0.15) is 55.1 Å². The first-order valence-corrected chi connectivity index (χ1v) is 11.1. The van der Waals surface area contributed by atoms with Crippen molar-refractivity contribution in [3.05, 3.63) is 59.2 Å². The summed E-state index contributed by atoms with van der Waals surface area (Å²) in [6, 6.07) is 13.8. The van der Waals surface area contributed by atoms with E-state index in [1.165, 1.54) is 24.9 Å². The van der Waals surface area contributed by atoms with Crippen LogP contribution in [0.15, 0.2) is 42.5 Å². The molecule has 162 valence electrons. The fourth-order valence-electron chi connectivity index (χ4n) is 3.94. The summed E-state index contributed by atoms with van der Waals surface area (Å²) in [5, 5.41) is 3.00. The largest absolute Gasteiger partial charge is 0.490 e. The molecule has 1 fully saturated rings. The lowest BCUT2D eigenvalue weighted by molar-refractivity contribution is 0.0951. The van der Waals surface area contributed by atoms with E-state index >= 15 is 0 Å². The van der Waals surface area contributed by atoms with Gasteiger partial charge in [0.2, 0.25) is 0 Å². The van der Waals surface area contributed by atoms with Crippen LogP contribution in [0.5, 0.6) is 11.5 Å². The second-order valence-corrected chi connectivity index (χ2v) is 8.01. The number of amides is 1. The first kappa shape index (κ1) is 22.2. The van der Waals surface area contributed by atoms with E-state index in [0.717, 1.165) is 30.3 Å². The van der Waals surface area contributed by atoms with Crippen LogP contribution in [0.4, 0.5) is 0 Å². The van der Waals surface area contributed by atoms with Gasteiger partial charge in [0, 0.05) is 25.2 Å².